The molecule has 7 atom stereocenters. The standard InChI is InChI=1S/C67H91N15O15/c1-3-4-5-9-19-49-62(92)76-51(34-45-37-70-47-18-11-10-17-46(45)47)60(90)72-39-56(84)74-48(20-12-13-26-69-67(97)81-30-28-80(29-31-81)41-59(88)89)61(91)78-52(35-58(86)87)66(96)82-27-14-21-53(82)64(94)73-38-55(83)71-40-57(85)79(2)54(33-42-15-7-6-8-16-42)65(95)77-50(63(93)75-49)32-43-22-24-44(36-68)25-23-43/h6-8,10-11,15-18,22-25,37,48-54,70H,3-5,9,12-14,19-21,26-36,38-41,68H2,1-2H3,(H,69,97)(H,71,83)(H,72,90)(H,73,94)(H,74,84)(H,75,93)(H,76,92)(H,77,95)(H,78,91)(H,86,87)(H,88,89)/t48-,49-,50-,51-,52-,53+,54-/m0/s1. The normalized spacial score (nSPS) is 22.2. The minimum absolute atomic E-state index is 0.0497. The van der Waals surface area contributed by atoms with Gasteiger partial charge in [-0.3, -0.25) is 62.4 Å². The Bertz CT molecular complexity index is 3420. The summed E-state index contributed by atoms with van der Waals surface area (Å²) in [5, 5.41) is 43.9. The van der Waals surface area contributed by atoms with Gasteiger partial charge in [-0.05, 0) is 66.8 Å². The lowest BCUT2D eigenvalue weighted by Crippen LogP contribution is -2.60. The van der Waals surface area contributed by atoms with E-state index in [9.17, 15) is 67.7 Å². The number of carboxylic acids is 2. The van der Waals surface area contributed by atoms with E-state index in [0.29, 0.717) is 48.0 Å². The number of carbonyl (C=O) groups is 13. The summed E-state index contributed by atoms with van der Waals surface area (Å²) in [6, 6.07) is 12.7. The van der Waals surface area contributed by atoms with Crippen molar-refractivity contribution in [1.82, 2.24) is 72.4 Å². The number of aliphatic carboxylic acids is 2. The number of likely N-dealkylation sites (N-methyl/N-ethyl adjacent to an activating group) is 1. The highest BCUT2D eigenvalue weighted by atomic mass is 16.4. The second-order valence-electron chi connectivity index (χ2n) is 24.6. The number of carboxylic acid groups (broad SMARTS) is 2. The zero-order valence-electron chi connectivity index (χ0n) is 54.9. The lowest BCUT2D eigenvalue weighted by Gasteiger charge is -2.33. The van der Waals surface area contributed by atoms with Crippen LogP contribution in [0.5, 0.6) is 0 Å². The van der Waals surface area contributed by atoms with Crippen LogP contribution in [0.2, 0.25) is 0 Å². The quantitative estimate of drug-likeness (QED) is 0.0458. The van der Waals surface area contributed by atoms with Crippen molar-refractivity contribution in [1.29, 1.82) is 0 Å². The number of benzene rings is 3. The molecule has 97 heavy (non-hydrogen) atoms. The van der Waals surface area contributed by atoms with E-state index in [4.69, 9.17) is 5.73 Å². The van der Waals surface area contributed by atoms with Crippen LogP contribution < -0.4 is 53.6 Å². The van der Waals surface area contributed by atoms with Gasteiger partial charge in [-0.1, -0.05) is 105 Å². The average Bonchev–Trinajstić information content (AvgIpc) is 1.75. The molecule has 14 N–H and O–H groups in total. The molecule has 3 saturated heterocycles. The zero-order chi connectivity index (χ0) is 70.0. The maximum atomic E-state index is 15.0. The summed E-state index contributed by atoms with van der Waals surface area (Å²) < 4.78 is 0. The number of piperazine rings is 1. The van der Waals surface area contributed by atoms with Crippen LogP contribution in [0, 0.1) is 0 Å². The Kier molecular flexibility index (Phi) is 28.7. The number of urea groups is 1. The first-order valence-electron chi connectivity index (χ1n) is 33.1. The molecule has 524 valence electrons. The first-order valence-corrected chi connectivity index (χ1v) is 33.1. The number of aromatic nitrogens is 1. The Balaban J connectivity index is 1.20. The predicted molar refractivity (Wildman–Crippen MR) is 354 cm³/mol. The maximum absolute atomic E-state index is 15.0. The molecule has 4 aromatic rings. The van der Waals surface area contributed by atoms with Crippen molar-refractivity contribution in [2.75, 3.05) is 72.5 Å². The second kappa shape index (κ2) is 37.4. The topological polar surface area (TPSA) is 425 Å². The minimum Gasteiger partial charge on any atom is -0.481 e. The molecule has 12 amide bonds. The SMILES string of the molecule is CCCCCC[C@@H]1NC(=O)[C@H](Cc2ccc(CN)cc2)NC(=O)[C@H](Cc2ccccc2)N(C)C(=O)CNC(=O)CNC(=O)[C@H]2CCCN2C(=O)[C@H](CC(=O)O)NC(=O)[C@H](CCCCNC(=O)N2CCN(CC(=O)O)CC2)NC(=O)CNC(=O)[C@H](Cc2c[nH]c3ccccc23)NC1=O. The molecule has 3 aromatic carbocycles. The van der Waals surface area contributed by atoms with Gasteiger partial charge in [0.15, 0.2) is 0 Å². The minimum atomic E-state index is -1.79. The largest absolute Gasteiger partial charge is 0.481 e. The summed E-state index contributed by atoms with van der Waals surface area (Å²) in [5.41, 5.74) is 9.26. The van der Waals surface area contributed by atoms with E-state index in [-0.39, 0.29) is 97.1 Å². The van der Waals surface area contributed by atoms with Gasteiger partial charge in [-0.15, -0.1) is 0 Å². The molecule has 4 heterocycles. The number of nitrogens with zero attached hydrogens (tertiary/aromatic N) is 4. The van der Waals surface area contributed by atoms with Gasteiger partial charge in [0.25, 0.3) is 0 Å². The van der Waals surface area contributed by atoms with Crippen molar-refractivity contribution in [2.24, 2.45) is 5.73 Å². The number of amides is 12. The van der Waals surface area contributed by atoms with Gasteiger partial charge in [-0.2, -0.15) is 0 Å². The highest BCUT2D eigenvalue weighted by molar-refractivity contribution is 5.99. The van der Waals surface area contributed by atoms with E-state index in [0.717, 1.165) is 33.7 Å². The summed E-state index contributed by atoms with van der Waals surface area (Å²) in [6.45, 7) is 1.25. The van der Waals surface area contributed by atoms with Crippen molar-refractivity contribution in [3.63, 3.8) is 0 Å². The highest BCUT2D eigenvalue weighted by Crippen LogP contribution is 2.22. The van der Waals surface area contributed by atoms with Crippen LogP contribution >= 0.6 is 0 Å². The molecule has 30 nitrogen and oxygen atoms in total. The van der Waals surface area contributed by atoms with Gasteiger partial charge in [0, 0.05) is 89.2 Å². The van der Waals surface area contributed by atoms with Crippen molar-refractivity contribution in [3.8, 4) is 0 Å². The summed E-state index contributed by atoms with van der Waals surface area (Å²) in [6.07, 6.45) is 3.83. The number of hydrogen-bond donors (Lipinski definition) is 13. The fourth-order valence-electron chi connectivity index (χ4n) is 11.9. The number of fused-ring (bicyclic) bond motifs is 2. The van der Waals surface area contributed by atoms with Crippen molar-refractivity contribution >= 4 is 87.9 Å². The number of para-hydroxylation sites is 1. The molecule has 0 bridgehead atoms. The molecule has 7 rings (SSSR count). The average molecular weight is 1350 g/mol. The Labute approximate surface area is 562 Å². The number of aromatic amines is 1. The lowest BCUT2D eigenvalue weighted by molar-refractivity contribution is -0.146. The van der Waals surface area contributed by atoms with E-state index >= 15 is 4.79 Å². The van der Waals surface area contributed by atoms with Crippen LogP contribution in [0.15, 0.2) is 85.1 Å². The molecule has 0 unspecified atom stereocenters. The molecule has 3 aliphatic heterocycles. The van der Waals surface area contributed by atoms with Gasteiger partial charge in [0.05, 0.1) is 32.6 Å². The Morgan fingerprint density at radius 1 is 0.567 bits per heavy atom. The van der Waals surface area contributed by atoms with Gasteiger partial charge in [0.1, 0.15) is 42.3 Å². The predicted octanol–water partition coefficient (Wildman–Crippen LogP) is -0.714. The molecule has 30 heteroatoms. The first kappa shape index (κ1) is 74.4. The molecular formula is C67H91N15O15. The molecule has 3 fully saturated rings. The van der Waals surface area contributed by atoms with Crippen molar-refractivity contribution in [3.05, 3.63) is 107 Å². The molecule has 0 radical (unpaired) electrons. The van der Waals surface area contributed by atoms with Crippen molar-refractivity contribution in [2.45, 2.75) is 146 Å². The van der Waals surface area contributed by atoms with Crippen LogP contribution in [-0.4, -0.2) is 227 Å². The number of H-pyrrole nitrogens is 1. The van der Waals surface area contributed by atoms with Crippen LogP contribution in [0.1, 0.15) is 99.8 Å². The van der Waals surface area contributed by atoms with Crippen LogP contribution in [-0.2, 0) is 83.3 Å². The molecule has 0 aliphatic carbocycles. The number of carbonyl (C=O) groups excluding carboxylic acids is 11. The Morgan fingerprint density at radius 2 is 1.16 bits per heavy atom. The Hall–Kier alpha value is -9.97. The zero-order valence-corrected chi connectivity index (χ0v) is 54.9. The van der Waals surface area contributed by atoms with Gasteiger partial charge in [0.2, 0.25) is 59.1 Å². The fraction of sp³-hybridized carbons (Fsp3) is 0.507. The summed E-state index contributed by atoms with van der Waals surface area (Å²) in [5.74, 6) is -10.9. The van der Waals surface area contributed by atoms with Gasteiger partial charge < -0.3 is 83.5 Å². The molecule has 1 aromatic heterocycles. The Morgan fingerprint density at radius 3 is 1.86 bits per heavy atom. The molecular weight excluding hydrogens is 1250 g/mol. The van der Waals surface area contributed by atoms with E-state index in [1.807, 2.05) is 25.1 Å². The van der Waals surface area contributed by atoms with E-state index < -0.39 is 145 Å². The summed E-state index contributed by atoms with van der Waals surface area (Å²) >= 11 is 0. The van der Waals surface area contributed by atoms with Crippen LogP contribution in [0.4, 0.5) is 4.79 Å². The second-order valence-corrected chi connectivity index (χ2v) is 24.6. The van der Waals surface area contributed by atoms with Crippen molar-refractivity contribution < 1.29 is 72.5 Å². The number of nitrogens with one attached hydrogen (secondary N) is 10. The third-order valence-electron chi connectivity index (χ3n) is 17.5. The monoisotopic (exact) mass is 1350 g/mol. The number of rotatable bonds is 21. The lowest BCUT2D eigenvalue weighted by atomic mass is 9.99. The van der Waals surface area contributed by atoms with Crippen LogP contribution in [0.25, 0.3) is 10.9 Å². The van der Waals surface area contributed by atoms with E-state index in [2.05, 4.69) is 52.8 Å². The maximum Gasteiger partial charge on any atom is 0.317 e. The summed E-state index contributed by atoms with van der Waals surface area (Å²) in [4.78, 5) is 189. The number of nitrogens with two attached hydrogens (primary N) is 1. The number of unbranched alkanes of at least 4 members (excludes halogenated alkanes) is 4. The third-order valence-corrected chi connectivity index (χ3v) is 17.5. The number of hydrogen-bond acceptors (Lipinski definition) is 15. The van der Waals surface area contributed by atoms with Gasteiger partial charge in [-0.25, -0.2) is 4.79 Å². The molecule has 0 saturated carbocycles. The third kappa shape index (κ3) is 22.9. The smallest absolute Gasteiger partial charge is 0.317 e. The highest BCUT2D eigenvalue weighted by Gasteiger charge is 2.40. The van der Waals surface area contributed by atoms with Gasteiger partial charge >= 0.3 is 18.0 Å². The fourth-order valence-corrected chi connectivity index (χ4v) is 11.9. The first-order chi connectivity index (χ1) is 46.6. The molecule has 0 spiro atoms. The summed E-state index contributed by atoms with van der Waals surface area (Å²) in [7, 11) is 1.36. The molecule has 3 aliphatic rings. The van der Waals surface area contributed by atoms with E-state index in [1.54, 1.807) is 71.8 Å². The van der Waals surface area contributed by atoms with E-state index in [1.165, 1.54) is 11.9 Å². The van der Waals surface area contributed by atoms with Crippen LogP contribution in [0.3, 0.4) is 0 Å².